The van der Waals surface area contributed by atoms with E-state index in [-0.39, 0.29) is 70.7 Å². The van der Waals surface area contributed by atoms with Gasteiger partial charge in [0.2, 0.25) is 11.8 Å². The summed E-state index contributed by atoms with van der Waals surface area (Å²) in [5.41, 5.74) is -1.35. The van der Waals surface area contributed by atoms with Gasteiger partial charge < -0.3 is 49.6 Å². The quantitative estimate of drug-likeness (QED) is 0.133. The van der Waals surface area contributed by atoms with Crippen LogP contribution in [0.5, 0.6) is 0 Å². The van der Waals surface area contributed by atoms with Crippen LogP contribution in [0.15, 0.2) is 67.0 Å². The number of carbonyl (C=O) groups excluding carboxylic acids is 6. The molecule has 3 aliphatic heterocycles. The summed E-state index contributed by atoms with van der Waals surface area (Å²) in [6.07, 6.45) is -1.69. The summed E-state index contributed by atoms with van der Waals surface area (Å²) in [6, 6.07) is 15.8. The summed E-state index contributed by atoms with van der Waals surface area (Å²) < 4.78 is 22.8. The lowest BCUT2D eigenvalue weighted by molar-refractivity contribution is -0.236. The van der Waals surface area contributed by atoms with E-state index in [0.29, 0.717) is 48.4 Å². The summed E-state index contributed by atoms with van der Waals surface area (Å²) >= 11 is 0. The Morgan fingerprint density at radius 2 is 1.19 bits per heavy atom. The number of aliphatic hydroxyl groups is 2. The van der Waals surface area contributed by atoms with Crippen LogP contribution in [0.2, 0.25) is 0 Å². The van der Waals surface area contributed by atoms with Crippen LogP contribution in [0.1, 0.15) is 90.3 Å². The Hall–Kier alpha value is -6.22. The van der Waals surface area contributed by atoms with Gasteiger partial charge in [-0.3, -0.25) is 29.8 Å². The molecular weight excluding hydrogens is 893 g/mol. The van der Waals surface area contributed by atoms with Gasteiger partial charge in [0, 0.05) is 69.9 Å². The van der Waals surface area contributed by atoms with Crippen LogP contribution in [-0.4, -0.2) is 134 Å². The van der Waals surface area contributed by atoms with E-state index < -0.39 is 71.0 Å². The second-order valence-electron chi connectivity index (χ2n) is 19.6. The van der Waals surface area contributed by atoms with Gasteiger partial charge in [-0.05, 0) is 96.0 Å². The molecule has 1 unspecified atom stereocenters. The first kappa shape index (κ1) is 52.2. The highest BCUT2D eigenvalue weighted by Gasteiger charge is 2.56. The van der Waals surface area contributed by atoms with Crippen molar-refractivity contribution in [2.75, 3.05) is 43.4 Å². The molecule has 0 radical (unpaired) electrons. The third-order valence-corrected chi connectivity index (χ3v) is 11.9. The molecule has 3 aliphatic rings. The Morgan fingerprint density at radius 1 is 0.710 bits per heavy atom. The largest absolute Gasteiger partial charge is 0.444 e. The maximum atomic E-state index is 14.4. The molecule has 0 saturated carbocycles. The maximum Gasteiger partial charge on any atom is 0.413 e. The maximum absolute atomic E-state index is 14.4. The molecule has 0 aliphatic carbocycles. The van der Waals surface area contributed by atoms with Crippen molar-refractivity contribution in [2.45, 2.75) is 128 Å². The van der Waals surface area contributed by atoms with Crippen LogP contribution in [0, 0.1) is 11.8 Å². The van der Waals surface area contributed by atoms with Crippen molar-refractivity contribution in [1.82, 2.24) is 30.4 Å². The third kappa shape index (κ3) is 14.9. The highest BCUT2D eigenvalue weighted by molar-refractivity contribution is 5.88. The summed E-state index contributed by atoms with van der Waals surface area (Å²) in [5, 5.41) is 35.0. The Labute approximate surface area is 402 Å². The van der Waals surface area contributed by atoms with Gasteiger partial charge in [-0.25, -0.2) is 19.6 Å². The molecule has 5 heterocycles. The molecule has 69 heavy (non-hydrogen) atoms. The molecule has 3 fully saturated rings. The fourth-order valence-corrected chi connectivity index (χ4v) is 8.33. The molecule has 1 aromatic carbocycles. The number of amides is 6. The SMILES string of the molecule is CC(C)(C)OC(=O)Nc1ccc(CNC(=O)C2CCN(C(=O)C(O)[C@H]3OCC[C@](O)(C(=O)N4CCC(C(=O)NCc5ccc(NC(=O)OC(C)(C)C)nc5)CC4)[C@@H]3OCc3ccccc3)CC2)cn1. The second-order valence-corrected chi connectivity index (χ2v) is 19.6. The van der Waals surface area contributed by atoms with E-state index in [4.69, 9.17) is 18.9 Å². The van der Waals surface area contributed by atoms with Crippen molar-refractivity contribution in [3.05, 3.63) is 83.7 Å². The van der Waals surface area contributed by atoms with Crippen molar-refractivity contribution in [3.63, 3.8) is 0 Å². The molecule has 6 rings (SSSR count). The molecule has 6 amide bonds. The molecule has 2 aromatic heterocycles. The topological polar surface area (TPSA) is 260 Å². The van der Waals surface area contributed by atoms with Gasteiger partial charge in [-0.2, -0.15) is 0 Å². The number of hydrogen-bond acceptors (Lipinski definition) is 14. The number of hydrogen-bond donors (Lipinski definition) is 6. The number of nitrogens with one attached hydrogen (secondary N) is 4. The van der Waals surface area contributed by atoms with Gasteiger partial charge in [-0.15, -0.1) is 0 Å². The van der Waals surface area contributed by atoms with Crippen molar-refractivity contribution in [1.29, 1.82) is 0 Å². The molecule has 3 saturated heterocycles. The van der Waals surface area contributed by atoms with Crippen LogP contribution in [0.3, 0.4) is 0 Å². The number of anilines is 2. The van der Waals surface area contributed by atoms with Crippen molar-refractivity contribution >= 4 is 47.5 Å². The molecule has 0 bridgehead atoms. The zero-order valence-electron chi connectivity index (χ0n) is 40.2. The van der Waals surface area contributed by atoms with Crippen LogP contribution in [0.25, 0.3) is 0 Å². The third-order valence-electron chi connectivity index (χ3n) is 11.9. The first-order valence-electron chi connectivity index (χ1n) is 23.4. The molecule has 4 atom stereocenters. The standard InChI is InChI=1S/C49H66N8O12/c1-47(2,3)68-45(63)54-36-14-12-32(26-50-36)28-52-41(59)34-16-21-56(22-17-34)43(61)38(58)39-40(67-30-31-10-8-7-9-11-31)49(65,20-25-66-39)44(62)57-23-18-35(19-24-57)42(60)53-29-33-13-15-37(51-27-33)55-46(64)69-48(4,5)6/h7-15,26-27,34-35,38-40,58,65H,16-25,28-30H2,1-6H3,(H,52,59)(H,53,60)(H,50,54,63)(H,51,55,64)/t38?,39-,40-,49-/m1/s1. The van der Waals surface area contributed by atoms with E-state index in [1.807, 2.05) is 30.3 Å². The highest BCUT2D eigenvalue weighted by Crippen LogP contribution is 2.35. The first-order chi connectivity index (χ1) is 32.7. The number of piperidine rings is 2. The van der Waals surface area contributed by atoms with Gasteiger partial charge in [0.05, 0.1) is 13.2 Å². The van der Waals surface area contributed by atoms with Crippen molar-refractivity contribution in [2.24, 2.45) is 11.8 Å². The summed E-state index contributed by atoms with van der Waals surface area (Å²) in [4.78, 5) is 90.3. The zero-order valence-corrected chi connectivity index (χ0v) is 40.2. The van der Waals surface area contributed by atoms with Crippen LogP contribution in [0.4, 0.5) is 21.2 Å². The van der Waals surface area contributed by atoms with E-state index >= 15 is 0 Å². The Balaban J connectivity index is 1.01. The lowest BCUT2D eigenvalue weighted by Crippen LogP contribution is -2.67. The van der Waals surface area contributed by atoms with Gasteiger partial charge in [0.15, 0.2) is 11.7 Å². The van der Waals surface area contributed by atoms with E-state index in [1.54, 1.807) is 72.0 Å². The molecule has 6 N–H and O–H groups in total. The van der Waals surface area contributed by atoms with E-state index in [9.17, 15) is 39.0 Å². The number of benzene rings is 1. The number of nitrogens with zero attached hydrogens (tertiary/aromatic N) is 4. The van der Waals surface area contributed by atoms with Gasteiger partial charge >= 0.3 is 12.2 Å². The molecule has 3 aromatic rings. The Bertz CT molecular complexity index is 2240. The van der Waals surface area contributed by atoms with E-state index in [2.05, 4.69) is 31.2 Å². The molecular formula is C49H66N8O12. The number of rotatable bonds is 14. The van der Waals surface area contributed by atoms with Gasteiger partial charge in [0.1, 0.15) is 35.0 Å². The van der Waals surface area contributed by atoms with Crippen molar-refractivity contribution in [3.8, 4) is 0 Å². The van der Waals surface area contributed by atoms with Crippen LogP contribution >= 0.6 is 0 Å². The minimum Gasteiger partial charge on any atom is -0.444 e. The average Bonchev–Trinajstić information content (AvgIpc) is 3.31. The number of ether oxygens (including phenoxy) is 4. The van der Waals surface area contributed by atoms with Gasteiger partial charge in [0.25, 0.3) is 11.8 Å². The molecule has 20 heteroatoms. The number of likely N-dealkylation sites (tertiary alicyclic amines) is 2. The predicted molar refractivity (Wildman–Crippen MR) is 251 cm³/mol. The normalized spacial score (nSPS) is 20.8. The minimum absolute atomic E-state index is 0.0493. The number of aromatic nitrogens is 2. The summed E-state index contributed by atoms with van der Waals surface area (Å²) in [7, 11) is 0. The molecule has 374 valence electrons. The average molecular weight is 959 g/mol. The zero-order chi connectivity index (χ0) is 49.9. The number of carbonyl (C=O) groups is 6. The van der Waals surface area contributed by atoms with Crippen molar-refractivity contribution < 1.29 is 57.9 Å². The second kappa shape index (κ2) is 22.9. The Morgan fingerprint density at radius 3 is 1.64 bits per heavy atom. The first-order valence-corrected chi connectivity index (χ1v) is 23.4. The lowest BCUT2D eigenvalue weighted by Gasteiger charge is -2.47. The summed E-state index contributed by atoms with van der Waals surface area (Å²) in [5.74, 6) is -1.92. The fourth-order valence-electron chi connectivity index (χ4n) is 8.33. The van der Waals surface area contributed by atoms with Gasteiger partial charge in [-0.1, -0.05) is 42.5 Å². The Kier molecular flexibility index (Phi) is 17.3. The molecule has 0 spiro atoms. The van der Waals surface area contributed by atoms with E-state index in [0.717, 1.165) is 5.56 Å². The van der Waals surface area contributed by atoms with Crippen LogP contribution in [-0.2, 0) is 57.8 Å². The highest BCUT2D eigenvalue weighted by atomic mass is 16.6. The summed E-state index contributed by atoms with van der Waals surface area (Å²) in [6.45, 7) is 11.4. The minimum atomic E-state index is -2.18. The fraction of sp³-hybridized carbons (Fsp3) is 0.551. The monoisotopic (exact) mass is 958 g/mol. The molecule has 20 nitrogen and oxygen atoms in total. The number of pyridine rings is 2. The van der Waals surface area contributed by atoms with E-state index in [1.165, 1.54) is 16.0 Å². The lowest BCUT2D eigenvalue weighted by atomic mass is 9.82. The smallest absolute Gasteiger partial charge is 0.413 e. The van der Waals surface area contributed by atoms with Crippen LogP contribution < -0.4 is 21.3 Å². The number of aliphatic hydroxyl groups excluding tert-OH is 1. The predicted octanol–water partition coefficient (Wildman–Crippen LogP) is 4.05.